The molecule has 7 nitrogen and oxygen atoms in total. The van der Waals surface area contributed by atoms with Crippen LogP contribution in [0.5, 0.6) is 11.8 Å². The first-order chi connectivity index (χ1) is 19.5. The molecule has 0 aliphatic carbocycles. The van der Waals surface area contributed by atoms with E-state index in [1.807, 2.05) is 30.3 Å². The molecule has 208 valence electrons. The molecule has 1 unspecified atom stereocenters. The molecule has 3 fully saturated rings. The van der Waals surface area contributed by atoms with Crippen LogP contribution in [0, 0.1) is 12.8 Å². The number of aromatic nitrogens is 2. The second kappa shape index (κ2) is 10.2. The minimum absolute atomic E-state index is 0.126. The van der Waals surface area contributed by atoms with E-state index in [0.717, 1.165) is 63.9 Å². The van der Waals surface area contributed by atoms with Gasteiger partial charge in [0, 0.05) is 18.5 Å². The Hall–Kier alpha value is -3.42. The quantitative estimate of drug-likeness (QED) is 0.337. The van der Waals surface area contributed by atoms with E-state index in [1.165, 1.54) is 38.8 Å². The molecule has 4 heterocycles. The molecule has 1 aromatic heterocycles. The lowest BCUT2D eigenvalue weighted by molar-refractivity contribution is 0.108. The Morgan fingerprint density at radius 3 is 2.67 bits per heavy atom. The number of benzene rings is 3. The van der Waals surface area contributed by atoms with Crippen molar-refractivity contribution in [3.63, 3.8) is 0 Å². The van der Waals surface area contributed by atoms with Gasteiger partial charge in [0.2, 0.25) is 0 Å². The van der Waals surface area contributed by atoms with Gasteiger partial charge in [0.15, 0.2) is 0 Å². The molecular formula is C33H38N4O3. The van der Waals surface area contributed by atoms with Gasteiger partial charge in [-0.3, -0.25) is 4.90 Å². The molecule has 4 aromatic rings. The lowest BCUT2D eigenvalue weighted by Gasteiger charge is -2.31. The molecule has 7 heteroatoms. The number of hydrogen-bond acceptors (Lipinski definition) is 7. The van der Waals surface area contributed by atoms with Crippen molar-refractivity contribution in [3.8, 4) is 22.9 Å². The molecule has 3 aromatic carbocycles. The standard InChI is InChI=1S/C33H38N4O3/c1-22-19-36(15-16-39-20-22)31-28-10-9-26(29-18-25(38)17-24-7-3-4-8-27(24)29)23(2)30(28)34-32(35-31)40-21-33-11-5-13-37(33)14-6-12-33/h3-4,7-10,17-18,22,38H,5-6,11-16,19-21H2,1-2H3. The van der Waals surface area contributed by atoms with E-state index >= 15 is 0 Å². The highest BCUT2D eigenvalue weighted by Crippen LogP contribution is 2.41. The Bertz CT molecular complexity index is 1560. The Balaban J connectivity index is 1.36. The Morgan fingerprint density at radius 1 is 1.00 bits per heavy atom. The fourth-order valence-corrected chi connectivity index (χ4v) is 7.24. The van der Waals surface area contributed by atoms with Gasteiger partial charge in [-0.2, -0.15) is 9.97 Å². The van der Waals surface area contributed by atoms with Crippen LogP contribution in [0.2, 0.25) is 0 Å². The van der Waals surface area contributed by atoms with Crippen molar-refractivity contribution < 1.29 is 14.6 Å². The van der Waals surface area contributed by atoms with Crippen LogP contribution < -0.4 is 9.64 Å². The van der Waals surface area contributed by atoms with Crippen LogP contribution >= 0.6 is 0 Å². The smallest absolute Gasteiger partial charge is 0.319 e. The third kappa shape index (κ3) is 4.45. The van der Waals surface area contributed by atoms with Gasteiger partial charge < -0.3 is 19.5 Å². The summed E-state index contributed by atoms with van der Waals surface area (Å²) in [5.74, 6) is 1.58. The zero-order valence-electron chi connectivity index (χ0n) is 23.5. The lowest BCUT2D eigenvalue weighted by atomic mass is 9.93. The number of aryl methyl sites for hydroxylation is 1. The van der Waals surface area contributed by atoms with E-state index in [0.29, 0.717) is 25.1 Å². The summed E-state index contributed by atoms with van der Waals surface area (Å²) in [5, 5.41) is 13.7. The average Bonchev–Trinajstić information content (AvgIpc) is 3.46. The van der Waals surface area contributed by atoms with Crippen LogP contribution in [0.4, 0.5) is 5.82 Å². The average molecular weight is 539 g/mol. The van der Waals surface area contributed by atoms with Gasteiger partial charge in [0.05, 0.1) is 24.3 Å². The molecule has 3 saturated heterocycles. The largest absolute Gasteiger partial charge is 0.508 e. The number of anilines is 1. The molecule has 1 atom stereocenters. The Labute approximate surface area is 235 Å². The van der Waals surface area contributed by atoms with Crippen LogP contribution in [0.1, 0.15) is 38.2 Å². The summed E-state index contributed by atoms with van der Waals surface area (Å²) in [6.45, 7) is 10.4. The number of nitrogens with zero attached hydrogens (tertiary/aromatic N) is 4. The normalized spacial score (nSPS) is 21.1. The Morgan fingerprint density at radius 2 is 1.82 bits per heavy atom. The fourth-order valence-electron chi connectivity index (χ4n) is 7.24. The highest BCUT2D eigenvalue weighted by atomic mass is 16.5. The molecular weight excluding hydrogens is 500 g/mol. The van der Waals surface area contributed by atoms with Crippen LogP contribution in [-0.2, 0) is 4.74 Å². The number of hydrogen-bond donors (Lipinski definition) is 1. The second-order valence-electron chi connectivity index (χ2n) is 12.0. The zero-order valence-corrected chi connectivity index (χ0v) is 23.5. The fraction of sp³-hybridized carbons (Fsp3) is 0.455. The number of aromatic hydroxyl groups is 1. The summed E-state index contributed by atoms with van der Waals surface area (Å²) in [6.07, 6.45) is 4.84. The lowest BCUT2D eigenvalue weighted by Crippen LogP contribution is -2.43. The minimum Gasteiger partial charge on any atom is -0.508 e. The summed E-state index contributed by atoms with van der Waals surface area (Å²) in [7, 11) is 0. The Kier molecular flexibility index (Phi) is 6.51. The van der Waals surface area contributed by atoms with Crippen LogP contribution in [0.25, 0.3) is 32.8 Å². The van der Waals surface area contributed by atoms with E-state index in [-0.39, 0.29) is 11.3 Å². The van der Waals surface area contributed by atoms with Crippen LogP contribution in [0.3, 0.4) is 0 Å². The SMILES string of the molecule is Cc1c(-c2cc(O)cc3ccccc23)ccc2c(N3CCOCC(C)C3)nc(OCC34CCCN3CCC4)nc12. The van der Waals surface area contributed by atoms with Gasteiger partial charge in [0.25, 0.3) is 0 Å². The summed E-state index contributed by atoms with van der Waals surface area (Å²) in [6, 6.07) is 16.6. The molecule has 7 rings (SSSR count). The molecule has 0 spiro atoms. The molecule has 3 aliphatic heterocycles. The van der Waals surface area contributed by atoms with Crippen molar-refractivity contribution >= 4 is 27.5 Å². The van der Waals surface area contributed by atoms with E-state index in [1.54, 1.807) is 0 Å². The first-order valence-corrected chi connectivity index (χ1v) is 14.7. The number of phenols is 1. The topological polar surface area (TPSA) is 71.0 Å². The van der Waals surface area contributed by atoms with Crippen molar-refractivity contribution in [1.82, 2.24) is 14.9 Å². The summed E-state index contributed by atoms with van der Waals surface area (Å²) < 4.78 is 12.4. The summed E-state index contributed by atoms with van der Waals surface area (Å²) in [4.78, 5) is 15.1. The molecule has 0 radical (unpaired) electrons. The highest BCUT2D eigenvalue weighted by molar-refractivity contribution is 6.02. The molecule has 1 N–H and O–H groups in total. The third-order valence-corrected chi connectivity index (χ3v) is 9.24. The van der Waals surface area contributed by atoms with Crippen LogP contribution in [-0.4, -0.2) is 71.5 Å². The van der Waals surface area contributed by atoms with Crippen molar-refractivity contribution in [2.45, 2.75) is 45.1 Å². The zero-order chi connectivity index (χ0) is 27.3. The highest BCUT2D eigenvalue weighted by Gasteiger charge is 2.45. The second-order valence-corrected chi connectivity index (χ2v) is 12.0. The van der Waals surface area contributed by atoms with E-state index in [4.69, 9.17) is 19.4 Å². The van der Waals surface area contributed by atoms with Crippen molar-refractivity contribution in [2.75, 3.05) is 50.9 Å². The third-order valence-electron chi connectivity index (χ3n) is 9.24. The predicted octanol–water partition coefficient (Wildman–Crippen LogP) is 5.94. The summed E-state index contributed by atoms with van der Waals surface area (Å²) in [5.41, 5.74) is 4.14. The van der Waals surface area contributed by atoms with E-state index < -0.39 is 0 Å². The van der Waals surface area contributed by atoms with Gasteiger partial charge in [-0.05, 0) is 97.3 Å². The summed E-state index contributed by atoms with van der Waals surface area (Å²) >= 11 is 0. The van der Waals surface area contributed by atoms with Gasteiger partial charge in [-0.15, -0.1) is 0 Å². The molecule has 0 saturated carbocycles. The molecule has 0 bridgehead atoms. The van der Waals surface area contributed by atoms with E-state index in [9.17, 15) is 5.11 Å². The molecule has 0 amide bonds. The predicted molar refractivity (Wildman–Crippen MR) is 159 cm³/mol. The first kappa shape index (κ1) is 25.5. The molecule has 3 aliphatic rings. The molecule has 40 heavy (non-hydrogen) atoms. The number of rotatable bonds is 5. The maximum absolute atomic E-state index is 10.6. The number of ether oxygens (including phenoxy) is 2. The van der Waals surface area contributed by atoms with E-state index in [2.05, 4.69) is 41.8 Å². The van der Waals surface area contributed by atoms with Crippen LogP contribution in [0.15, 0.2) is 48.5 Å². The van der Waals surface area contributed by atoms with Gasteiger partial charge in [-0.1, -0.05) is 37.3 Å². The van der Waals surface area contributed by atoms with Crippen molar-refractivity contribution in [3.05, 3.63) is 54.1 Å². The van der Waals surface area contributed by atoms with Crippen molar-refractivity contribution in [2.24, 2.45) is 5.92 Å². The van der Waals surface area contributed by atoms with Crippen molar-refractivity contribution in [1.29, 1.82) is 0 Å². The maximum Gasteiger partial charge on any atom is 0.319 e. The number of phenolic OH excluding ortho intramolecular Hbond substituents is 1. The first-order valence-electron chi connectivity index (χ1n) is 14.7. The monoisotopic (exact) mass is 538 g/mol. The maximum atomic E-state index is 10.6. The number of fused-ring (bicyclic) bond motifs is 3. The minimum atomic E-state index is 0.126. The van der Waals surface area contributed by atoms with Gasteiger partial charge >= 0.3 is 6.01 Å². The van der Waals surface area contributed by atoms with Gasteiger partial charge in [0.1, 0.15) is 18.2 Å². The van der Waals surface area contributed by atoms with Gasteiger partial charge in [-0.25, -0.2) is 0 Å².